The monoisotopic (exact) mass is 468 g/mol. The van der Waals surface area contributed by atoms with Gasteiger partial charge in [-0.25, -0.2) is 9.59 Å². The number of carbonyl (C=O) groups is 3. The number of fused-ring (bicyclic) bond motifs is 2. The van der Waals surface area contributed by atoms with Crippen molar-refractivity contribution in [2.45, 2.75) is 17.8 Å². The van der Waals surface area contributed by atoms with Gasteiger partial charge in [0.2, 0.25) is 0 Å². The zero-order valence-corrected chi connectivity index (χ0v) is 18.9. The fourth-order valence-corrected chi connectivity index (χ4v) is 5.41. The number of benzene rings is 3. The molecule has 0 saturated carbocycles. The Morgan fingerprint density at radius 2 is 1.51 bits per heavy atom. The van der Waals surface area contributed by atoms with Gasteiger partial charge in [0.1, 0.15) is 12.2 Å². The standard InChI is InChI=1S/C27H24N4O4/c32-24-21-14-8-7-13-20(21)23(28-24)29-25(33)30-15-16-31-22(17-30)27(35-26(31)34,18-9-3-1-4-10-18)19-11-5-2-6-12-19/h1-14,22-23H,15-17H2,(H,28,32)(H,29,33). The molecule has 4 amide bonds. The molecule has 176 valence electrons. The minimum absolute atomic E-state index is 0.210. The number of urea groups is 1. The molecule has 0 radical (unpaired) electrons. The summed E-state index contributed by atoms with van der Waals surface area (Å²) in [6.45, 7) is 0.995. The molecule has 3 heterocycles. The number of rotatable bonds is 3. The summed E-state index contributed by atoms with van der Waals surface area (Å²) < 4.78 is 6.16. The van der Waals surface area contributed by atoms with Crippen LogP contribution in [0, 0.1) is 0 Å². The first-order valence-corrected chi connectivity index (χ1v) is 11.6. The molecule has 3 aliphatic rings. The molecule has 6 rings (SSSR count). The van der Waals surface area contributed by atoms with E-state index < -0.39 is 17.8 Å². The van der Waals surface area contributed by atoms with E-state index in [0.29, 0.717) is 18.7 Å². The van der Waals surface area contributed by atoms with Crippen LogP contribution in [0.1, 0.15) is 33.2 Å². The third-order valence-electron chi connectivity index (χ3n) is 7.08. The van der Waals surface area contributed by atoms with Crippen LogP contribution < -0.4 is 10.6 Å². The lowest BCUT2D eigenvalue weighted by Crippen LogP contribution is -2.60. The van der Waals surface area contributed by atoms with E-state index in [4.69, 9.17) is 4.74 Å². The first-order chi connectivity index (χ1) is 17.1. The van der Waals surface area contributed by atoms with Crippen LogP contribution in [0.3, 0.4) is 0 Å². The Morgan fingerprint density at radius 1 is 0.886 bits per heavy atom. The van der Waals surface area contributed by atoms with Crippen LogP contribution in [-0.2, 0) is 10.3 Å². The van der Waals surface area contributed by atoms with Gasteiger partial charge in [0.15, 0.2) is 5.60 Å². The molecule has 0 spiro atoms. The summed E-state index contributed by atoms with van der Waals surface area (Å²) >= 11 is 0. The van der Waals surface area contributed by atoms with Crippen molar-refractivity contribution in [3.8, 4) is 0 Å². The quantitative estimate of drug-likeness (QED) is 0.618. The molecule has 0 aromatic heterocycles. The number of nitrogens with one attached hydrogen (secondary N) is 2. The first-order valence-electron chi connectivity index (χ1n) is 11.6. The van der Waals surface area contributed by atoms with Gasteiger partial charge in [0.05, 0.1) is 0 Å². The molecule has 3 aromatic carbocycles. The maximum Gasteiger partial charge on any atom is 0.411 e. The number of cyclic esters (lactones) is 1. The van der Waals surface area contributed by atoms with Gasteiger partial charge in [0, 0.05) is 41.9 Å². The van der Waals surface area contributed by atoms with Crippen molar-refractivity contribution in [2.24, 2.45) is 0 Å². The van der Waals surface area contributed by atoms with Crippen molar-refractivity contribution in [3.63, 3.8) is 0 Å². The summed E-state index contributed by atoms with van der Waals surface area (Å²) in [7, 11) is 0. The zero-order chi connectivity index (χ0) is 24.0. The van der Waals surface area contributed by atoms with E-state index in [9.17, 15) is 14.4 Å². The molecule has 8 heteroatoms. The summed E-state index contributed by atoms with van der Waals surface area (Å²) in [5.41, 5.74) is 1.96. The average molecular weight is 469 g/mol. The van der Waals surface area contributed by atoms with Crippen molar-refractivity contribution >= 4 is 18.0 Å². The summed E-state index contributed by atoms with van der Waals surface area (Å²) in [6, 6.07) is 25.8. The van der Waals surface area contributed by atoms with E-state index in [0.717, 1.165) is 16.7 Å². The van der Waals surface area contributed by atoms with Crippen molar-refractivity contribution in [1.82, 2.24) is 20.4 Å². The van der Waals surface area contributed by atoms with Crippen molar-refractivity contribution in [3.05, 3.63) is 107 Å². The minimum Gasteiger partial charge on any atom is -0.431 e. The Kier molecular flexibility index (Phi) is 4.95. The summed E-state index contributed by atoms with van der Waals surface area (Å²) in [5, 5.41) is 5.77. The minimum atomic E-state index is -1.05. The second kappa shape index (κ2) is 8.16. The largest absolute Gasteiger partial charge is 0.431 e. The van der Waals surface area contributed by atoms with Crippen LogP contribution in [0.15, 0.2) is 84.9 Å². The molecule has 3 aliphatic heterocycles. The second-order valence-electron chi connectivity index (χ2n) is 8.93. The van der Waals surface area contributed by atoms with Crippen LogP contribution in [-0.4, -0.2) is 53.5 Å². The van der Waals surface area contributed by atoms with E-state index in [1.165, 1.54) is 0 Å². The number of hydrogen-bond acceptors (Lipinski definition) is 4. The molecule has 2 atom stereocenters. The molecule has 0 aliphatic carbocycles. The van der Waals surface area contributed by atoms with E-state index in [1.807, 2.05) is 72.8 Å². The molecule has 2 saturated heterocycles. The molecule has 2 fully saturated rings. The Bertz CT molecular complexity index is 1260. The van der Waals surface area contributed by atoms with Crippen molar-refractivity contribution in [2.75, 3.05) is 19.6 Å². The third-order valence-corrected chi connectivity index (χ3v) is 7.08. The fourth-order valence-electron chi connectivity index (χ4n) is 5.41. The van der Waals surface area contributed by atoms with Crippen molar-refractivity contribution in [1.29, 1.82) is 0 Å². The van der Waals surface area contributed by atoms with Crippen LogP contribution in [0.2, 0.25) is 0 Å². The topological polar surface area (TPSA) is 91.0 Å². The average Bonchev–Trinajstić information content (AvgIpc) is 3.39. The Morgan fingerprint density at radius 3 is 2.20 bits per heavy atom. The van der Waals surface area contributed by atoms with E-state index in [-0.39, 0.29) is 24.6 Å². The molecule has 8 nitrogen and oxygen atoms in total. The highest BCUT2D eigenvalue weighted by atomic mass is 16.6. The lowest BCUT2D eigenvalue weighted by atomic mass is 9.79. The van der Waals surface area contributed by atoms with Crippen molar-refractivity contribution < 1.29 is 19.1 Å². The maximum atomic E-state index is 13.3. The Balaban J connectivity index is 1.31. The molecule has 2 unspecified atom stereocenters. The predicted molar refractivity (Wildman–Crippen MR) is 127 cm³/mol. The molecule has 0 bridgehead atoms. The maximum absolute atomic E-state index is 13.3. The molecule has 35 heavy (non-hydrogen) atoms. The number of nitrogens with zero attached hydrogens (tertiary/aromatic N) is 2. The molecular formula is C27H24N4O4. The van der Waals surface area contributed by atoms with Crippen LogP contribution in [0.25, 0.3) is 0 Å². The smallest absolute Gasteiger partial charge is 0.411 e. The van der Waals surface area contributed by atoms with Gasteiger partial charge in [-0.15, -0.1) is 0 Å². The SMILES string of the molecule is O=C1NC(NC(=O)N2CCN3C(=O)OC(c4ccccc4)(c4ccccc4)C3C2)c2ccccc21. The highest BCUT2D eigenvalue weighted by Crippen LogP contribution is 2.45. The Labute approximate surface area is 202 Å². The van der Waals surface area contributed by atoms with Gasteiger partial charge in [-0.05, 0) is 6.07 Å². The molecule has 3 aromatic rings. The number of amides is 4. The van der Waals surface area contributed by atoms with E-state index >= 15 is 0 Å². The van der Waals surface area contributed by atoms with Gasteiger partial charge in [-0.3, -0.25) is 9.69 Å². The van der Waals surface area contributed by atoms with Gasteiger partial charge in [0.25, 0.3) is 5.91 Å². The van der Waals surface area contributed by atoms with Crippen LogP contribution in [0.5, 0.6) is 0 Å². The highest BCUT2D eigenvalue weighted by molar-refractivity contribution is 5.99. The van der Waals surface area contributed by atoms with Crippen LogP contribution >= 0.6 is 0 Å². The highest BCUT2D eigenvalue weighted by Gasteiger charge is 2.58. The second-order valence-corrected chi connectivity index (χ2v) is 8.93. The molecule has 2 N–H and O–H groups in total. The first kappa shape index (κ1) is 21.2. The van der Waals surface area contributed by atoms with E-state index in [2.05, 4.69) is 10.6 Å². The van der Waals surface area contributed by atoms with E-state index in [1.54, 1.807) is 21.9 Å². The number of carbonyl (C=O) groups excluding carboxylic acids is 3. The van der Waals surface area contributed by atoms with Gasteiger partial charge in [-0.2, -0.15) is 0 Å². The third kappa shape index (κ3) is 3.32. The van der Waals surface area contributed by atoms with Gasteiger partial charge >= 0.3 is 12.1 Å². The fraction of sp³-hybridized carbons (Fsp3) is 0.222. The number of hydrogen-bond donors (Lipinski definition) is 2. The predicted octanol–water partition coefficient (Wildman–Crippen LogP) is 3.22. The van der Waals surface area contributed by atoms with Crippen LogP contribution in [0.4, 0.5) is 9.59 Å². The summed E-state index contributed by atoms with van der Waals surface area (Å²) in [5.74, 6) is -0.210. The van der Waals surface area contributed by atoms with Gasteiger partial charge < -0.3 is 20.3 Å². The lowest BCUT2D eigenvalue weighted by Gasteiger charge is -2.42. The zero-order valence-electron chi connectivity index (χ0n) is 18.9. The number of piperazine rings is 1. The summed E-state index contributed by atoms with van der Waals surface area (Å²) in [6.07, 6.45) is -0.988. The lowest BCUT2D eigenvalue weighted by molar-refractivity contribution is 0.0508. The molecular weight excluding hydrogens is 444 g/mol. The number of ether oxygens (including phenoxy) is 1. The normalized spacial score (nSPS) is 22.2. The van der Waals surface area contributed by atoms with Gasteiger partial charge in [-0.1, -0.05) is 78.9 Å². The Hall–Kier alpha value is -4.33. The summed E-state index contributed by atoms with van der Waals surface area (Å²) in [4.78, 5) is 42.1.